The van der Waals surface area contributed by atoms with E-state index in [1.165, 1.54) is 18.4 Å². The molecule has 2 unspecified atom stereocenters. The maximum absolute atomic E-state index is 12.0. The number of ether oxygens (including phenoxy) is 1. The van der Waals surface area contributed by atoms with Crippen LogP contribution in [0.4, 0.5) is 0 Å². The molecule has 102 valence electrons. The van der Waals surface area contributed by atoms with E-state index in [-0.39, 0.29) is 17.9 Å². The molecular formula is C11H18N2O3S2. The van der Waals surface area contributed by atoms with Gasteiger partial charge in [-0.3, -0.25) is 0 Å². The van der Waals surface area contributed by atoms with Crippen LogP contribution in [0.1, 0.15) is 30.8 Å². The molecule has 0 saturated heterocycles. The third-order valence-electron chi connectivity index (χ3n) is 2.97. The van der Waals surface area contributed by atoms with Gasteiger partial charge in [-0.1, -0.05) is 0 Å². The molecule has 1 aliphatic rings. The lowest BCUT2D eigenvalue weighted by atomic mass is 10.2. The fourth-order valence-electron chi connectivity index (χ4n) is 1.78. The van der Waals surface area contributed by atoms with E-state index in [2.05, 4.69) is 9.71 Å². The predicted molar refractivity (Wildman–Crippen MR) is 71.0 cm³/mol. The van der Waals surface area contributed by atoms with Gasteiger partial charge in [0.1, 0.15) is 5.01 Å². The van der Waals surface area contributed by atoms with E-state index in [4.69, 9.17) is 4.74 Å². The molecule has 0 spiro atoms. The first-order chi connectivity index (χ1) is 8.52. The van der Waals surface area contributed by atoms with E-state index in [1.54, 1.807) is 13.1 Å². The summed E-state index contributed by atoms with van der Waals surface area (Å²) in [5.74, 6) is 0.377. The Kier molecular flexibility index (Phi) is 4.37. The van der Waals surface area contributed by atoms with Crippen LogP contribution in [0.2, 0.25) is 0 Å². The van der Waals surface area contributed by atoms with E-state index < -0.39 is 10.0 Å². The van der Waals surface area contributed by atoms with Gasteiger partial charge in [0.15, 0.2) is 0 Å². The molecule has 1 saturated carbocycles. The normalized spacial score (nSPS) is 19.7. The molecule has 1 aromatic heterocycles. The summed E-state index contributed by atoms with van der Waals surface area (Å²) < 4.78 is 31.8. The highest BCUT2D eigenvalue weighted by molar-refractivity contribution is 7.89. The summed E-state index contributed by atoms with van der Waals surface area (Å²) in [6.07, 6.45) is 3.53. The molecular weight excluding hydrogens is 272 g/mol. The van der Waals surface area contributed by atoms with Crippen molar-refractivity contribution in [2.24, 2.45) is 5.92 Å². The van der Waals surface area contributed by atoms with E-state index >= 15 is 0 Å². The van der Waals surface area contributed by atoms with Gasteiger partial charge >= 0.3 is 0 Å². The van der Waals surface area contributed by atoms with Gasteiger partial charge in [0.2, 0.25) is 10.0 Å². The molecule has 0 aliphatic heterocycles. The number of nitrogens with one attached hydrogen (secondary N) is 1. The van der Waals surface area contributed by atoms with Crippen molar-refractivity contribution in [1.82, 2.24) is 9.71 Å². The van der Waals surface area contributed by atoms with Gasteiger partial charge in [0.25, 0.3) is 0 Å². The van der Waals surface area contributed by atoms with Crippen molar-refractivity contribution < 1.29 is 13.2 Å². The van der Waals surface area contributed by atoms with Gasteiger partial charge in [0.05, 0.1) is 17.9 Å². The zero-order valence-corrected chi connectivity index (χ0v) is 12.1. The molecule has 1 aromatic rings. The van der Waals surface area contributed by atoms with Crippen LogP contribution in [0.3, 0.4) is 0 Å². The zero-order chi connectivity index (χ0) is 13.2. The van der Waals surface area contributed by atoms with E-state index in [0.717, 1.165) is 17.8 Å². The third-order valence-corrected chi connectivity index (χ3v) is 5.35. The van der Waals surface area contributed by atoms with Crippen LogP contribution in [-0.2, 0) is 14.8 Å². The number of methoxy groups -OCH3 is 1. The minimum absolute atomic E-state index is 0.0158. The predicted octanol–water partition coefficient (Wildman–Crippen LogP) is 1.55. The first-order valence-electron chi connectivity index (χ1n) is 5.94. The van der Waals surface area contributed by atoms with Crippen molar-refractivity contribution in [3.05, 3.63) is 16.6 Å². The largest absolute Gasteiger partial charge is 0.381 e. The van der Waals surface area contributed by atoms with E-state index in [9.17, 15) is 8.42 Å². The van der Waals surface area contributed by atoms with Crippen LogP contribution in [0.15, 0.2) is 11.6 Å². The smallest absolute Gasteiger partial charge is 0.214 e. The molecule has 18 heavy (non-hydrogen) atoms. The van der Waals surface area contributed by atoms with Crippen LogP contribution in [0, 0.1) is 5.92 Å². The topological polar surface area (TPSA) is 68.3 Å². The summed E-state index contributed by atoms with van der Waals surface area (Å²) in [4.78, 5) is 4.22. The summed E-state index contributed by atoms with van der Waals surface area (Å²) in [5, 5.41) is 2.72. The molecule has 1 aliphatic carbocycles. The van der Waals surface area contributed by atoms with Gasteiger partial charge in [0, 0.05) is 18.7 Å². The molecule has 1 N–H and O–H groups in total. The van der Waals surface area contributed by atoms with Crippen LogP contribution in [-0.4, -0.2) is 32.4 Å². The number of hydrogen-bond donors (Lipinski definition) is 1. The fourth-order valence-corrected chi connectivity index (χ4v) is 4.18. The van der Waals surface area contributed by atoms with Gasteiger partial charge in [-0.25, -0.2) is 18.1 Å². The van der Waals surface area contributed by atoms with Gasteiger partial charge in [-0.15, -0.1) is 11.3 Å². The zero-order valence-electron chi connectivity index (χ0n) is 10.5. The second kappa shape index (κ2) is 5.64. The molecule has 7 heteroatoms. The maximum Gasteiger partial charge on any atom is 0.214 e. The third kappa shape index (κ3) is 3.74. The summed E-state index contributed by atoms with van der Waals surface area (Å²) in [7, 11) is -1.82. The minimum atomic E-state index is -3.33. The molecule has 1 heterocycles. The van der Waals surface area contributed by atoms with Crippen LogP contribution < -0.4 is 4.72 Å². The monoisotopic (exact) mass is 290 g/mol. The summed E-state index contributed by atoms with van der Waals surface area (Å²) >= 11 is 1.50. The average molecular weight is 290 g/mol. The van der Waals surface area contributed by atoms with Crippen molar-refractivity contribution in [2.75, 3.05) is 12.9 Å². The Balaban J connectivity index is 2.05. The average Bonchev–Trinajstić information content (AvgIpc) is 3.00. The molecule has 0 aromatic carbocycles. The van der Waals surface area contributed by atoms with Crippen molar-refractivity contribution in [3.63, 3.8) is 0 Å². The first kappa shape index (κ1) is 13.9. The molecule has 2 rings (SSSR count). The van der Waals surface area contributed by atoms with Crippen molar-refractivity contribution in [3.8, 4) is 0 Å². The van der Waals surface area contributed by atoms with Crippen molar-refractivity contribution in [1.29, 1.82) is 0 Å². The fraction of sp³-hybridized carbons (Fsp3) is 0.727. The van der Waals surface area contributed by atoms with Crippen molar-refractivity contribution >= 4 is 21.4 Å². The lowest BCUT2D eigenvalue weighted by Gasteiger charge is -2.17. The molecule has 0 bridgehead atoms. The second-order valence-electron chi connectivity index (χ2n) is 4.63. The van der Waals surface area contributed by atoms with Gasteiger partial charge in [-0.05, 0) is 25.7 Å². The van der Waals surface area contributed by atoms with Crippen molar-refractivity contribution in [2.45, 2.75) is 31.9 Å². The first-order valence-corrected chi connectivity index (χ1v) is 8.47. The number of hydrogen-bond acceptors (Lipinski definition) is 5. The van der Waals surface area contributed by atoms with Crippen LogP contribution in [0.5, 0.6) is 0 Å². The molecule has 0 amide bonds. The molecule has 5 nitrogen and oxygen atoms in total. The Hall–Kier alpha value is -0.500. The maximum atomic E-state index is 12.0. The lowest BCUT2D eigenvalue weighted by Crippen LogP contribution is -2.35. The second-order valence-corrected chi connectivity index (χ2v) is 7.36. The molecule has 1 fully saturated rings. The quantitative estimate of drug-likeness (QED) is 0.827. The number of nitrogens with zero attached hydrogens (tertiary/aromatic N) is 1. The molecule has 2 atom stereocenters. The minimum Gasteiger partial charge on any atom is -0.381 e. The Morgan fingerprint density at radius 1 is 1.61 bits per heavy atom. The Labute approximate surface area is 112 Å². The van der Waals surface area contributed by atoms with Crippen LogP contribution in [0.25, 0.3) is 0 Å². The lowest BCUT2D eigenvalue weighted by molar-refractivity contribution is 0.136. The Morgan fingerprint density at radius 3 is 2.83 bits per heavy atom. The number of sulfonamides is 1. The highest BCUT2D eigenvalue weighted by Crippen LogP contribution is 2.41. The SMILES string of the molecule is COC(C)CS(=O)(=O)NC(c1nccs1)C1CC1. The Morgan fingerprint density at radius 2 is 2.33 bits per heavy atom. The summed E-state index contributed by atoms with van der Waals surface area (Å²) in [6, 6.07) is -0.168. The Bertz CT molecular complexity index is 468. The number of rotatable bonds is 7. The van der Waals surface area contributed by atoms with Gasteiger partial charge in [-0.2, -0.15) is 0 Å². The van der Waals surface area contributed by atoms with E-state index in [1.807, 2.05) is 5.38 Å². The standard InChI is InChI=1S/C11H18N2O3S2/c1-8(16-2)7-18(14,15)13-10(9-3-4-9)11-12-5-6-17-11/h5-6,8-10,13H,3-4,7H2,1-2H3. The number of aromatic nitrogens is 1. The van der Waals surface area contributed by atoms with Gasteiger partial charge < -0.3 is 4.74 Å². The molecule has 0 radical (unpaired) electrons. The highest BCUT2D eigenvalue weighted by atomic mass is 32.2. The highest BCUT2D eigenvalue weighted by Gasteiger charge is 2.36. The number of thiazole rings is 1. The summed E-state index contributed by atoms with van der Waals surface area (Å²) in [6.45, 7) is 1.74. The van der Waals surface area contributed by atoms with E-state index in [0.29, 0.717) is 5.92 Å². The van der Waals surface area contributed by atoms with Crippen LogP contribution >= 0.6 is 11.3 Å². The summed E-state index contributed by atoms with van der Waals surface area (Å²) in [5.41, 5.74) is 0.